The van der Waals surface area contributed by atoms with Gasteiger partial charge in [0.1, 0.15) is 0 Å². The molecule has 0 radical (unpaired) electrons. The lowest BCUT2D eigenvalue weighted by Gasteiger charge is -2.39. The summed E-state index contributed by atoms with van der Waals surface area (Å²) in [5.74, 6) is 0.761. The van der Waals surface area contributed by atoms with Gasteiger partial charge in [-0.3, -0.25) is 4.79 Å². The van der Waals surface area contributed by atoms with Crippen molar-refractivity contribution in [1.29, 1.82) is 0 Å². The second kappa shape index (κ2) is 6.55. The monoisotopic (exact) mass is 276 g/mol. The molecule has 0 spiro atoms. The summed E-state index contributed by atoms with van der Waals surface area (Å²) < 4.78 is 5.44. The molecule has 2 saturated heterocycles. The summed E-state index contributed by atoms with van der Waals surface area (Å²) in [5, 5.41) is 0. The highest BCUT2D eigenvalue weighted by Gasteiger charge is 2.26. The number of nitrogens with one attached hydrogen (secondary N) is 1. The second-order valence-electron chi connectivity index (χ2n) is 6.09. The van der Waals surface area contributed by atoms with Crippen LogP contribution in [-0.4, -0.2) is 42.2 Å². The van der Waals surface area contributed by atoms with Crippen LogP contribution in [-0.2, 0) is 11.2 Å². The first-order valence-corrected chi connectivity index (χ1v) is 7.80. The average molecular weight is 276 g/mol. The van der Waals surface area contributed by atoms with Gasteiger partial charge in [0.25, 0.3) is 0 Å². The van der Waals surface area contributed by atoms with E-state index in [0.717, 1.165) is 31.6 Å². The van der Waals surface area contributed by atoms with Gasteiger partial charge in [0.05, 0.1) is 0 Å². The Balaban J connectivity index is 1.48. The number of hydrogen-bond donors (Lipinski definition) is 1. The molecule has 2 aliphatic heterocycles. The van der Waals surface area contributed by atoms with Crippen molar-refractivity contribution in [3.05, 3.63) is 34.2 Å². The normalized spacial score (nSPS) is 23.0. The molecule has 1 aromatic heterocycles. The molecule has 0 aromatic carbocycles. The fourth-order valence-corrected chi connectivity index (χ4v) is 3.48. The smallest absolute Gasteiger partial charge is 0.247 e. The van der Waals surface area contributed by atoms with Crippen molar-refractivity contribution in [2.24, 2.45) is 5.92 Å². The molecule has 0 amide bonds. The number of rotatable bonds is 3. The van der Waals surface area contributed by atoms with Crippen LogP contribution in [0.25, 0.3) is 0 Å². The summed E-state index contributed by atoms with van der Waals surface area (Å²) in [6, 6.07) is 4.34. The fourth-order valence-electron chi connectivity index (χ4n) is 3.48. The first kappa shape index (κ1) is 13.8. The Hall–Kier alpha value is -1.13. The number of nitrogens with zero attached hydrogens (tertiary/aromatic N) is 1. The molecule has 4 nitrogen and oxygen atoms in total. The lowest BCUT2D eigenvalue weighted by atomic mass is 9.89. The van der Waals surface area contributed by atoms with Crippen LogP contribution in [0.1, 0.15) is 31.2 Å². The van der Waals surface area contributed by atoms with E-state index in [0.29, 0.717) is 0 Å². The van der Waals surface area contributed by atoms with E-state index in [9.17, 15) is 4.79 Å². The van der Waals surface area contributed by atoms with E-state index in [2.05, 4.69) is 9.88 Å². The van der Waals surface area contributed by atoms with Gasteiger partial charge in [-0.05, 0) is 56.7 Å². The van der Waals surface area contributed by atoms with Crippen molar-refractivity contribution in [1.82, 2.24) is 9.88 Å². The van der Waals surface area contributed by atoms with E-state index in [4.69, 9.17) is 4.74 Å². The van der Waals surface area contributed by atoms with Crippen molar-refractivity contribution >= 4 is 0 Å². The molecule has 110 valence electrons. The van der Waals surface area contributed by atoms with Gasteiger partial charge in [-0.25, -0.2) is 0 Å². The summed E-state index contributed by atoms with van der Waals surface area (Å²) in [4.78, 5) is 16.5. The molecule has 1 aromatic rings. The first-order valence-electron chi connectivity index (χ1n) is 7.80. The summed E-state index contributed by atoms with van der Waals surface area (Å²) >= 11 is 0. The van der Waals surface area contributed by atoms with E-state index >= 15 is 0 Å². The molecule has 0 saturated carbocycles. The van der Waals surface area contributed by atoms with E-state index in [1.54, 1.807) is 6.07 Å². The third kappa shape index (κ3) is 3.49. The zero-order valence-corrected chi connectivity index (χ0v) is 12.0. The molecular weight excluding hydrogens is 252 g/mol. The Morgan fingerprint density at radius 2 is 1.90 bits per heavy atom. The second-order valence-corrected chi connectivity index (χ2v) is 6.09. The number of pyridine rings is 1. The average Bonchev–Trinajstić information content (AvgIpc) is 2.51. The largest absolute Gasteiger partial charge is 0.381 e. The summed E-state index contributed by atoms with van der Waals surface area (Å²) in [6.45, 7) is 4.31. The van der Waals surface area contributed by atoms with E-state index in [1.807, 2.05) is 12.3 Å². The maximum absolute atomic E-state index is 11.1. The van der Waals surface area contributed by atoms with Crippen molar-refractivity contribution < 1.29 is 4.74 Å². The molecule has 3 heterocycles. The maximum Gasteiger partial charge on any atom is 0.247 e. The summed E-state index contributed by atoms with van der Waals surface area (Å²) in [5.41, 5.74) is 1.25. The van der Waals surface area contributed by atoms with Crippen LogP contribution in [0.15, 0.2) is 23.1 Å². The number of piperidine rings is 1. The Labute approximate surface area is 120 Å². The Bertz CT molecular complexity index is 451. The minimum Gasteiger partial charge on any atom is -0.381 e. The molecule has 1 N–H and O–H groups in total. The Morgan fingerprint density at radius 1 is 1.15 bits per heavy atom. The molecule has 4 heteroatoms. The standard InChI is InChI=1S/C16H24N2O2/c19-16-2-1-14(12-17-16)11-13-3-7-18(8-4-13)15-5-9-20-10-6-15/h1-2,12-13,15H,3-11H2,(H,17,19). The Morgan fingerprint density at radius 3 is 2.55 bits per heavy atom. The minimum absolute atomic E-state index is 0.0110. The van der Waals surface area contributed by atoms with Crippen molar-refractivity contribution in [2.45, 2.75) is 38.1 Å². The van der Waals surface area contributed by atoms with Crippen LogP contribution in [0.2, 0.25) is 0 Å². The van der Waals surface area contributed by atoms with Crippen molar-refractivity contribution in [3.63, 3.8) is 0 Å². The lowest BCUT2D eigenvalue weighted by Crippen LogP contribution is -2.44. The van der Waals surface area contributed by atoms with Crippen LogP contribution in [0.5, 0.6) is 0 Å². The van der Waals surface area contributed by atoms with Crippen molar-refractivity contribution in [3.8, 4) is 0 Å². The predicted molar refractivity (Wildman–Crippen MR) is 78.9 cm³/mol. The van der Waals surface area contributed by atoms with Crippen LogP contribution in [0.3, 0.4) is 0 Å². The first-order chi connectivity index (χ1) is 9.81. The SMILES string of the molecule is O=c1ccc(CC2CCN(C3CCOCC3)CC2)c[nH]1. The number of aromatic nitrogens is 1. The highest BCUT2D eigenvalue weighted by molar-refractivity contribution is 5.09. The third-order valence-electron chi connectivity index (χ3n) is 4.73. The van der Waals surface area contributed by atoms with Crippen LogP contribution in [0.4, 0.5) is 0 Å². The molecule has 3 rings (SSSR count). The molecule has 0 aliphatic carbocycles. The number of hydrogen-bond acceptors (Lipinski definition) is 3. The molecule has 0 atom stereocenters. The number of aromatic amines is 1. The van der Waals surface area contributed by atoms with Gasteiger partial charge in [-0.2, -0.15) is 0 Å². The summed E-state index contributed by atoms with van der Waals surface area (Å²) in [7, 11) is 0. The highest BCUT2D eigenvalue weighted by atomic mass is 16.5. The highest BCUT2D eigenvalue weighted by Crippen LogP contribution is 2.25. The minimum atomic E-state index is -0.0110. The van der Waals surface area contributed by atoms with Crippen LogP contribution in [0, 0.1) is 5.92 Å². The van der Waals surface area contributed by atoms with E-state index in [-0.39, 0.29) is 5.56 Å². The van der Waals surface area contributed by atoms with Gasteiger partial charge >= 0.3 is 0 Å². The fraction of sp³-hybridized carbons (Fsp3) is 0.688. The molecule has 20 heavy (non-hydrogen) atoms. The Kier molecular flexibility index (Phi) is 4.53. The molecule has 0 unspecified atom stereocenters. The van der Waals surface area contributed by atoms with Gasteiger partial charge in [0.15, 0.2) is 0 Å². The number of likely N-dealkylation sites (tertiary alicyclic amines) is 1. The van der Waals surface area contributed by atoms with E-state index < -0.39 is 0 Å². The van der Waals surface area contributed by atoms with Crippen LogP contribution >= 0.6 is 0 Å². The van der Waals surface area contributed by atoms with Gasteiger partial charge in [0.2, 0.25) is 5.56 Å². The molecular formula is C16H24N2O2. The number of H-pyrrole nitrogens is 1. The quantitative estimate of drug-likeness (QED) is 0.916. The van der Waals surface area contributed by atoms with Crippen LogP contribution < -0.4 is 5.56 Å². The van der Waals surface area contributed by atoms with Gasteiger partial charge in [0, 0.05) is 31.5 Å². The zero-order valence-electron chi connectivity index (χ0n) is 12.0. The number of ether oxygens (including phenoxy) is 1. The topological polar surface area (TPSA) is 45.3 Å². The van der Waals surface area contributed by atoms with Crippen molar-refractivity contribution in [2.75, 3.05) is 26.3 Å². The molecule has 2 aliphatic rings. The zero-order chi connectivity index (χ0) is 13.8. The molecule has 0 bridgehead atoms. The predicted octanol–water partition coefficient (Wildman–Crippen LogP) is 1.81. The van der Waals surface area contributed by atoms with Gasteiger partial charge in [-0.1, -0.05) is 6.07 Å². The van der Waals surface area contributed by atoms with Gasteiger partial charge in [-0.15, -0.1) is 0 Å². The molecule has 2 fully saturated rings. The van der Waals surface area contributed by atoms with Gasteiger partial charge < -0.3 is 14.6 Å². The summed E-state index contributed by atoms with van der Waals surface area (Å²) in [6.07, 6.45) is 7.91. The third-order valence-corrected chi connectivity index (χ3v) is 4.73. The van der Waals surface area contributed by atoms with E-state index in [1.165, 1.54) is 44.3 Å². The lowest BCUT2D eigenvalue weighted by molar-refractivity contribution is 0.0211. The maximum atomic E-state index is 11.1.